The summed E-state index contributed by atoms with van der Waals surface area (Å²) in [5, 5.41) is 16.9. The van der Waals surface area contributed by atoms with Crippen LogP contribution in [0.2, 0.25) is 0 Å². The number of rotatable bonds is 5. The summed E-state index contributed by atoms with van der Waals surface area (Å²) < 4.78 is 0. The molecule has 2 N–H and O–H groups in total. The normalized spacial score (nSPS) is 18.7. The van der Waals surface area contributed by atoms with Crippen LogP contribution >= 0.6 is 0 Å². The molecule has 1 fully saturated rings. The lowest BCUT2D eigenvalue weighted by molar-refractivity contribution is -0.122. The number of carbonyl (C=O) groups is 1. The third-order valence-corrected chi connectivity index (χ3v) is 4.95. The number of aromatic amines is 1. The van der Waals surface area contributed by atoms with Crippen LogP contribution in [0.1, 0.15) is 40.0 Å². The van der Waals surface area contributed by atoms with Crippen molar-refractivity contribution in [2.45, 2.75) is 51.6 Å². The van der Waals surface area contributed by atoms with Crippen molar-refractivity contribution in [1.82, 2.24) is 25.5 Å². The fraction of sp³-hybridized carbons (Fsp3) is 0.529. The summed E-state index contributed by atoms with van der Waals surface area (Å²) in [6, 6.07) is 7.43. The summed E-state index contributed by atoms with van der Waals surface area (Å²) in [6.45, 7) is 7.57. The van der Waals surface area contributed by atoms with E-state index in [1.54, 1.807) is 0 Å². The van der Waals surface area contributed by atoms with Gasteiger partial charge in [-0.1, -0.05) is 6.92 Å². The van der Waals surface area contributed by atoms with E-state index in [9.17, 15) is 4.79 Å². The van der Waals surface area contributed by atoms with E-state index < -0.39 is 0 Å². The summed E-state index contributed by atoms with van der Waals surface area (Å²) in [5.41, 5.74) is 1.69. The van der Waals surface area contributed by atoms with Crippen LogP contribution in [-0.2, 0) is 4.79 Å². The lowest BCUT2D eigenvalue weighted by Gasteiger charge is -2.38. The van der Waals surface area contributed by atoms with Crippen LogP contribution in [0, 0.1) is 0 Å². The Labute approximate surface area is 141 Å². The molecular weight excluding hydrogens is 304 g/mol. The molecular formula is C17H24N6O. The van der Waals surface area contributed by atoms with Crippen molar-refractivity contribution in [2.75, 3.05) is 11.9 Å². The Morgan fingerprint density at radius 2 is 2.12 bits per heavy atom. The molecule has 2 aromatic rings. The van der Waals surface area contributed by atoms with Gasteiger partial charge in [0.1, 0.15) is 0 Å². The molecule has 1 amide bonds. The predicted octanol–water partition coefficient (Wildman–Crippen LogP) is 2.46. The number of nitrogens with zero attached hydrogens (tertiary/aromatic N) is 4. The van der Waals surface area contributed by atoms with E-state index in [2.05, 4.69) is 51.6 Å². The minimum absolute atomic E-state index is 0.0426. The fourth-order valence-electron chi connectivity index (χ4n) is 3.18. The molecule has 3 rings (SSSR count). The molecule has 24 heavy (non-hydrogen) atoms. The highest BCUT2D eigenvalue weighted by Gasteiger charge is 2.38. The number of tetrazole rings is 1. The van der Waals surface area contributed by atoms with Crippen LogP contribution in [0.5, 0.6) is 0 Å². The first-order valence-corrected chi connectivity index (χ1v) is 8.43. The average Bonchev–Trinajstić information content (AvgIpc) is 3.27. The van der Waals surface area contributed by atoms with Gasteiger partial charge in [-0.3, -0.25) is 9.69 Å². The van der Waals surface area contributed by atoms with Crippen molar-refractivity contribution < 1.29 is 4.79 Å². The number of likely N-dealkylation sites (tertiary alicyclic amines) is 1. The number of benzene rings is 1. The summed E-state index contributed by atoms with van der Waals surface area (Å²) >= 11 is 0. The van der Waals surface area contributed by atoms with Crippen molar-refractivity contribution in [3.8, 4) is 11.4 Å². The molecule has 1 aromatic heterocycles. The zero-order valence-corrected chi connectivity index (χ0v) is 14.4. The summed E-state index contributed by atoms with van der Waals surface area (Å²) in [6.07, 6.45) is 3.00. The number of anilines is 1. The molecule has 0 bridgehead atoms. The highest BCUT2D eigenvalue weighted by atomic mass is 16.2. The highest BCUT2D eigenvalue weighted by molar-refractivity contribution is 5.95. The van der Waals surface area contributed by atoms with Crippen LogP contribution in [0.15, 0.2) is 24.3 Å². The molecule has 1 atom stereocenters. The number of hydrogen-bond acceptors (Lipinski definition) is 5. The maximum Gasteiger partial charge on any atom is 0.241 e. The molecule has 0 saturated carbocycles. The third kappa shape index (κ3) is 3.31. The first-order valence-electron chi connectivity index (χ1n) is 8.43. The molecule has 0 spiro atoms. The molecule has 7 heteroatoms. The molecule has 0 radical (unpaired) electrons. The van der Waals surface area contributed by atoms with E-state index in [0.717, 1.165) is 37.1 Å². The van der Waals surface area contributed by atoms with Gasteiger partial charge in [0.25, 0.3) is 0 Å². The third-order valence-electron chi connectivity index (χ3n) is 4.95. The van der Waals surface area contributed by atoms with Crippen LogP contribution in [-0.4, -0.2) is 49.6 Å². The van der Waals surface area contributed by atoms with Crippen molar-refractivity contribution >= 4 is 11.6 Å². The largest absolute Gasteiger partial charge is 0.325 e. The number of carbonyl (C=O) groups excluding carboxylic acids is 1. The number of nitrogens with one attached hydrogen (secondary N) is 2. The zero-order valence-electron chi connectivity index (χ0n) is 14.4. The highest BCUT2D eigenvalue weighted by Crippen LogP contribution is 2.29. The predicted molar refractivity (Wildman–Crippen MR) is 92.3 cm³/mol. The van der Waals surface area contributed by atoms with E-state index in [1.807, 2.05) is 24.3 Å². The maximum absolute atomic E-state index is 12.7. The van der Waals surface area contributed by atoms with Gasteiger partial charge in [-0.2, -0.15) is 5.21 Å². The smallest absolute Gasteiger partial charge is 0.241 e. The van der Waals surface area contributed by atoms with Gasteiger partial charge in [0.05, 0.1) is 6.04 Å². The van der Waals surface area contributed by atoms with E-state index in [1.165, 1.54) is 0 Å². The van der Waals surface area contributed by atoms with Crippen LogP contribution < -0.4 is 5.32 Å². The molecule has 2 heterocycles. The monoisotopic (exact) mass is 328 g/mol. The Morgan fingerprint density at radius 1 is 1.38 bits per heavy atom. The van der Waals surface area contributed by atoms with E-state index in [0.29, 0.717) is 5.82 Å². The Balaban J connectivity index is 1.68. The molecule has 7 nitrogen and oxygen atoms in total. The van der Waals surface area contributed by atoms with Crippen molar-refractivity contribution in [3.63, 3.8) is 0 Å². The van der Waals surface area contributed by atoms with Crippen molar-refractivity contribution in [2.24, 2.45) is 0 Å². The number of aromatic nitrogens is 4. The van der Waals surface area contributed by atoms with Gasteiger partial charge in [0.15, 0.2) is 0 Å². The number of hydrogen-bond donors (Lipinski definition) is 2. The standard InChI is InChI=1S/C17H24N6O/c1-4-17(2,3)23-11-5-6-14(23)16(24)18-13-9-7-12(8-10-13)15-19-21-22-20-15/h7-10,14H,4-6,11H2,1-3H3,(H,18,24)(H,19,20,21,22). The summed E-state index contributed by atoms with van der Waals surface area (Å²) in [4.78, 5) is 15.0. The van der Waals surface area contributed by atoms with Crippen LogP contribution in [0.4, 0.5) is 5.69 Å². The Morgan fingerprint density at radius 3 is 2.75 bits per heavy atom. The lowest BCUT2D eigenvalue weighted by atomic mass is 9.98. The van der Waals surface area contributed by atoms with Gasteiger partial charge in [0, 0.05) is 16.8 Å². The summed E-state index contributed by atoms with van der Waals surface area (Å²) in [7, 11) is 0. The molecule has 1 aliphatic rings. The molecule has 0 aliphatic carbocycles. The minimum atomic E-state index is -0.0585. The second kappa shape index (κ2) is 6.68. The molecule has 1 aliphatic heterocycles. The molecule has 128 valence electrons. The minimum Gasteiger partial charge on any atom is -0.325 e. The average molecular weight is 328 g/mol. The van der Waals surface area contributed by atoms with Gasteiger partial charge in [-0.15, -0.1) is 10.2 Å². The second-order valence-corrected chi connectivity index (χ2v) is 6.82. The van der Waals surface area contributed by atoms with Gasteiger partial charge in [-0.25, -0.2) is 0 Å². The van der Waals surface area contributed by atoms with E-state index in [4.69, 9.17) is 0 Å². The SMILES string of the molecule is CCC(C)(C)N1CCCC1C(=O)Nc1ccc(-c2nn[nH]n2)cc1. The summed E-state index contributed by atoms with van der Waals surface area (Å²) in [5.74, 6) is 0.612. The first kappa shape index (κ1) is 16.6. The van der Waals surface area contributed by atoms with Gasteiger partial charge in [-0.05, 0) is 69.1 Å². The Bertz CT molecular complexity index is 680. The fourth-order valence-corrected chi connectivity index (χ4v) is 3.18. The van der Waals surface area contributed by atoms with Crippen molar-refractivity contribution in [3.05, 3.63) is 24.3 Å². The number of H-pyrrole nitrogens is 1. The lowest BCUT2D eigenvalue weighted by Crippen LogP contribution is -2.50. The van der Waals surface area contributed by atoms with Gasteiger partial charge < -0.3 is 5.32 Å². The Hall–Kier alpha value is -2.28. The molecule has 1 saturated heterocycles. The topological polar surface area (TPSA) is 86.8 Å². The van der Waals surface area contributed by atoms with E-state index >= 15 is 0 Å². The van der Waals surface area contributed by atoms with Gasteiger partial charge in [0.2, 0.25) is 11.7 Å². The van der Waals surface area contributed by atoms with Crippen molar-refractivity contribution in [1.29, 1.82) is 0 Å². The Kier molecular flexibility index (Phi) is 4.62. The van der Waals surface area contributed by atoms with Gasteiger partial charge >= 0.3 is 0 Å². The number of amides is 1. The second-order valence-electron chi connectivity index (χ2n) is 6.82. The molecule has 1 unspecified atom stereocenters. The van der Waals surface area contributed by atoms with Crippen LogP contribution in [0.25, 0.3) is 11.4 Å². The first-order chi connectivity index (χ1) is 11.5. The van der Waals surface area contributed by atoms with E-state index in [-0.39, 0.29) is 17.5 Å². The quantitative estimate of drug-likeness (QED) is 0.880. The maximum atomic E-state index is 12.7. The molecule has 1 aromatic carbocycles. The van der Waals surface area contributed by atoms with Crippen LogP contribution in [0.3, 0.4) is 0 Å². The zero-order chi connectivity index (χ0) is 17.2.